The second-order valence-electron chi connectivity index (χ2n) is 5.19. The van der Waals surface area contributed by atoms with Crippen LogP contribution in [0.25, 0.3) is 5.70 Å². The van der Waals surface area contributed by atoms with Gasteiger partial charge in [-0.15, -0.1) is 0 Å². The van der Waals surface area contributed by atoms with Crippen molar-refractivity contribution in [1.29, 1.82) is 0 Å². The van der Waals surface area contributed by atoms with Crippen molar-refractivity contribution in [3.8, 4) is 0 Å². The minimum atomic E-state index is -0.792. The molecule has 0 heterocycles. The summed E-state index contributed by atoms with van der Waals surface area (Å²) in [6, 6.07) is 14.4. The maximum Gasteiger partial charge on any atom is 0.347 e. The van der Waals surface area contributed by atoms with Crippen LogP contribution in [-0.4, -0.2) is 25.2 Å². The number of esters is 2. The lowest BCUT2D eigenvalue weighted by Crippen LogP contribution is -2.22. The number of rotatable bonds is 7. The average molecular weight is 357 g/mol. The molecule has 0 aliphatic carbocycles. The maximum absolute atomic E-state index is 13.2. The van der Waals surface area contributed by atoms with E-state index in [1.54, 1.807) is 38.1 Å². The number of carbonyl (C=O) groups is 2. The van der Waals surface area contributed by atoms with Gasteiger partial charge in [-0.05, 0) is 43.7 Å². The Morgan fingerprint density at radius 2 is 1.42 bits per heavy atom. The highest BCUT2D eigenvalue weighted by atomic mass is 19.1. The van der Waals surface area contributed by atoms with E-state index in [0.29, 0.717) is 11.3 Å². The third-order valence-electron chi connectivity index (χ3n) is 3.39. The van der Waals surface area contributed by atoms with Gasteiger partial charge in [0.25, 0.3) is 0 Å². The molecule has 0 saturated carbocycles. The molecule has 2 rings (SSSR count). The number of hydrogen-bond donors (Lipinski definition) is 1. The van der Waals surface area contributed by atoms with Gasteiger partial charge in [-0.25, -0.2) is 14.0 Å². The Bertz CT molecular complexity index is 765. The SMILES string of the molecule is CCOC(=O)C(C(=O)OCC)=C(Nc1ccc(F)cc1)c1ccccc1. The first-order valence-corrected chi connectivity index (χ1v) is 8.23. The molecule has 0 spiro atoms. The Morgan fingerprint density at radius 1 is 0.885 bits per heavy atom. The summed E-state index contributed by atoms with van der Waals surface area (Å²) in [6.07, 6.45) is 0. The minimum Gasteiger partial charge on any atom is -0.462 e. The fourth-order valence-corrected chi connectivity index (χ4v) is 2.26. The van der Waals surface area contributed by atoms with Crippen molar-refractivity contribution in [3.05, 3.63) is 71.6 Å². The van der Waals surface area contributed by atoms with Crippen molar-refractivity contribution in [1.82, 2.24) is 0 Å². The predicted octanol–water partition coefficient (Wildman–Crippen LogP) is 3.78. The molecular formula is C20H20FNO4. The van der Waals surface area contributed by atoms with Crippen molar-refractivity contribution in [2.45, 2.75) is 13.8 Å². The Balaban J connectivity index is 2.59. The number of anilines is 1. The standard InChI is InChI=1S/C20H20FNO4/c1-3-25-19(23)17(20(24)26-4-2)18(14-8-6-5-7-9-14)22-16-12-10-15(21)11-13-16/h5-13,22H,3-4H2,1-2H3. The van der Waals surface area contributed by atoms with Gasteiger partial charge in [0.2, 0.25) is 0 Å². The highest BCUT2D eigenvalue weighted by molar-refractivity contribution is 6.21. The van der Waals surface area contributed by atoms with Crippen molar-refractivity contribution in [2.75, 3.05) is 18.5 Å². The number of hydrogen-bond acceptors (Lipinski definition) is 5. The molecule has 0 radical (unpaired) electrons. The number of carbonyl (C=O) groups excluding carboxylic acids is 2. The third-order valence-corrected chi connectivity index (χ3v) is 3.39. The van der Waals surface area contributed by atoms with Crippen LogP contribution in [-0.2, 0) is 19.1 Å². The van der Waals surface area contributed by atoms with Gasteiger partial charge in [-0.3, -0.25) is 0 Å². The van der Waals surface area contributed by atoms with Gasteiger partial charge >= 0.3 is 11.9 Å². The second kappa shape index (κ2) is 9.36. The average Bonchev–Trinajstić information content (AvgIpc) is 2.64. The maximum atomic E-state index is 13.2. The number of benzene rings is 2. The third kappa shape index (κ3) is 4.92. The number of nitrogens with one attached hydrogen (secondary N) is 1. The minimum absolute atomic E-state index is 0.111. The van der Waals surface area contributed by atoms with Gasteiger partial charge in [0.05, 0.1) is 18.9 Å². The number of ether oxygens (including phenoxy) is 2. The molecule has 2 aromatic carbocycles. The van der Waals surface area contributed by atoms with Crippen molar-refractivity contribution >= 4 is 23.3 Å². The molecule has 136 valence electrons. The fourth-order valence-electron chi connectivity index (χ4n) is 2.26. The normalized spacial score (nSPS) is 9.96. The molecule has 0 aliphatic rings. The van der Waals surface area contributed by atoms with Gasteiger partial charge in [-0.2, -0.15) is 0 Å². The zero-order valence-corrected chi connectivity index (χ0v) is 14.6. The molecule has 2 aromatic rings. The van der Waals surface area contributed by atoms with E-state index in [1.165, 1.54) is 24.3 Å². The lowest BCUT2D eigenvalue weighted by Gasteiger charge is -2.16. The molecule has 0 bridgehead atoms. The zero-order chi connectivity index (χ0) is 18.9. The Morgan fingerprint density at radius 3 is 1.92 bits per heavy atom. The van der Waals surface area contributed by atoms with E-state index >= 15 is 0 Å². The molecule has 5 nitrogen and oxygen atoms in total. The van der Waals surface area contributed by atoms with E-state index in [1.807, 2.05) is 6.07 Å². The van der Waals surface area contributed by atoms with Crippen LogP contribution in [0.1, 0.15) is 19.4 Å². The molecular weight excluding hydrogens is 337 g/mol. The van der Waals surface area contributed by atoms with E-state index in [2.05, 4.69) is 5.32 Å². The first-order valence-electron chi connectivity index (χ1n) is 8.23. The number of halogens is 1. The quantitative estimate of drug-likeness (QED) is 0.354. The Kier molecular flexibility index (Phi) is 6.91. The van der Waals surface area contributed by atoms with Crippen LogP contribution in [0.15, 0.2) is 60.2 Å². The van der Waals surface area contributed by atoms with E-state index in [-0.39, 0.29) is 24.5 Å². The Hall–Kier alpha value is -3.15. The summed E-state index contributed by atoms with van der Waals surface area (Å²) in [6.45, 7) is 3.52. The van der Waals surface area contributed by atoms with Crippen LogP contribution < -0.4 is 5.32 Å². The van der Waals surface area contributed by atoms with Crippen LogP contribution in [0.3, 0.4) is 0 Å². The molecule has 1 N–H and O–H groups in total. The molecule has 0 atom stereocenters. The molecule has 0 aromatic heterocycles. The second-order valence-corrected chi connectivity index (χ2v) is 5.19. The van der Waals surface area contributed by atoms with Crippen LogP contribution in [0.4, 0.5) is 10.1 Å². The molecule has 26 heavy (non-hydrogen) atoms. The van der Waals surface area contributed by atoms with Crippen molar-refractivity contribution < 1.29 is 23.5 Å². The predicted molar refractivity (Wildman–Crippen MR) is 96.7 cm³/mol. The summed E-state index contributed by atoms with van der Waals surface area (Å²) in [5.74, 6) is -1.98. The van der Waals surface area contributed by atoms with E-state index in [0.717, 1.165) is 0 Å². The first kappa shape index (κ1) is 19.2. The molecule has 0 aliphatic heterocycles. The summed E-state index contributed by atoms with van der Waals surface area (Å²) in [7, 11) is 0. The van der Waals surface area contributed by atoms with E-state index in [9.17, 15) is 14.0 Å². The van der Waals surface area contributed by atoms with Crippen molar-refractivity contribution in [2.24, 2.45) is 0 Å². The summed E-state index contributed by atoms with van der Waals surface area (Å²) in [5.41, 5.74) is 1.09. The zero-order valence-electron chi connectivity index (χ0n) is 14.6. The summed E-state index contributed by atoms with van der Waals surface area (Å²) >= 11 is 0. The Labute approximate surface area is 151 Å². The molecule has 0 fully saturated rings. The smallest absolute Gasteiger partial charge is 0.347 e. The van der Waals surface area contributed by atoms with Crippen LogP contribution in [0.2, 0.25) is 0 Å². The van der Waals surface area contributed by atoms with Crippen LogP contribution in [0.5, 0.6) is 0 Å². The van der Waals surface area contributed by atoms with Crippen LogP contribution >= 0.6 is 0 Å². The van der Waals surface area contributed by atoms with Gasteiger partial charge in [0, 0.05) is 5.69 Å². The monoisotopic (exact) mass is 357 g/mol. The fraction of sp³-hybridized carbons (Fsp3) is 0.200. The molecule has 0 amide bonds. The van der Waals surface area contributed by atoms with Gasteiger partial charge in [-0.1, -0.05) is 30.3 Å². The van der Waals surface area contributed by atoms with Crippen molar-refractivity contribution in [3.63, 3.8) is 0 Å². The topological polar surface area (TPSA) is 64.6 Å². The highest BCUT2D eigenvalue weighted by Crippen LogP contribution is 2.24. The van der Waals surface area contributed by atoms with Gasteiger partial charge in [0.1, 0.15) is 5.82 Å². The first-order chi connectivity index (χ1) is 12.6. The largest absolute Gasteiger partial charge is 0.462 e. The van der Waals surface area contributed by atoms with E-state index in [4.69, 9.17) is 9.47 Å². The summed E-state index contributed by atoms with van der Waals surface area (Å²) in [5, 5.41) is 3.01. The highest BCUT2D eigenvalue weighted by Gasteiger charge is 2.27. The summed E-state index contributed by atoms with van der Waals surface area (Å²) < 4.78 is 23.2. The molecule has 0 unspecified atom stereocenters. The van der Waals surface area contributed by atoms with Gasteiger partial charge < -0.3 is 14.8 Å². The lowest BCUT2D eigenvalue weighted by atomic mass is 10.1. The molecule has 6 heteroatoms. The van der Waals surface area contributed by atoms with Gasteiger partial charge in [0.15, 0.2) is 5.57 Å². The molecule has 0 saturated heterocycles. The van der Waals surface area contributed by atoms with E-state index < -0.39 is 17.8 Å². The van der Waals surface area contributed by atoms with Crippen LogP contribution in [0, 0.1) is 5.82 Å². The lowest BCUT2D eigenvalue weighted by molar-refractivity contribution is -0.146. The summed E-state index contributed by atoms with van der Waals surface area (Å²) in [4.78, 5) is 24.9.